The highest BCUT2D eigenvalue weighted by molar-refractivity contribution is 8.26. The Morgan fingerprint density at radius 3 is 2.76 bits per heavy atom. The van der Waals surface area contributed by atoms with Crippen molar-refractivity contribution in [3.63, 3.8) is 0 Å². The molecule has 0 unspecified atom stereocenters. The van der Waals surface area contributed by atoms with E-state index in [4.69, 9.17) is 12.2 Å². The highest BCUT2D eigenvalue weighted by atomic mass is 32.2. The van der Waals surface area contributed by atoms with Crippen LogP contribution in [0, 0.1) is 5.82 Å². The van der Waals surface area contributed by atoms with Gasteiger partial charge in [-0.15, -0.1) is 0 Å². The van der Waals surface area contributed by atoms with E-state index in [2.05, 4.69) is 0 Å². The van der Waals surface area contributed by atoms with Gasteiger partial charge >= 0.3 is 0 Å². The Labute approximate surface area is 130 Å². The van der Waals surface area contributed by atoms with E-state index < -0.39 is 23.7 Å². The van der Waals surface area contributed by atoms with Gasteiger partial charge in [-0.2, -0.15) is 0 Å². The topological polar surface area (TPSA) is 60.4 Å². The van der Waals surface area contributed by atoms with Crippen LogP contribution in [0.1, 0.15) is 18.9 Å². The standard InChI is InChI=1S/C14H12FNO3S2/c1-2-10(13(18)19)16-12(17)11(21-14(16)20)7-8-5-3-4-6-9(8)15/h3-7,10H,2H2,1H3,(H,18,19)/p-1/b11-7-/t10-/m0/s1. The molecule has 1 aliphatic rings. The summed E-state index contributed by atoms with van der Waals surface area (Å²) >= 11 is 6.01. The van der Waals surface area contributed by atoms with E-state index in [1.807, 2.05) is 0 Å². The van der Waals surface area contributed by atoms with Crippen LogP contribution >= 0.6 is 24.0 Å². The number of thioether (sulfide) groups is 1. The zero-order valence-electron chi connectivity index (χ0n) is 11.0. The molecule has 0 saturated carbocycles. The first kappa shape index (κ1) is 15.7. The Balaban J connectivity index is 2.34. The lowest BCUT2D eigenvalue weighted by Gasteiger charge is -2.26. The molecule has 0 radical (unpaired) electrons. The number of thiocarbonyl (C=S) groups is 1. The van der Waals surface area contributed by atoms with Gasteiger partial charge in [0, 0.05) is 5.56 Å². The molecule has 0 bridgehead atoms. The van der Waals surface area contributed by atoms with Crippen LogP contribution in [0.5, 0.6) is 0 Å². The Morgan fingerprint density at radius 1 is 1.52 bits per heavy atom. The second-order valence-corrected chi connectivity index (χ2v) is 5.99. The van der Waals surface area contributed by atoms with Gasteiger partial charge in [0.1, 0.15) is 10.1 Å². The van der Waals surface area contributed by atoms with Crippen LogP contribution in [0.25, 0.3) is 6.08 Å². The number of carboxylic acid groups (broad SMARTS) is 1. The smallest absolute Gasteiger partial charge is 0.266 e. The number of carbonyl (C=O) groups excluding carboxylic acids is 2. The molecule has 2 rings (SSSR count). The third kappa shape index (κ3) is 3.14. The van der Waals surface area contributed by atoms with Crippen molar-refractivity contribution in [2.24, 2.45) is 0 Å². The van der Waals surface area contributed by atoms with E-state index in [0.717, 1.165) is 16.7 Å². The van der Waals surface area contributed by atoms with Crippen molar-refractivity contribution in [3.8, 4) is 0 Å². The van der Waals surface area contributed by atoms with Crippen LogP contribution in [0.3, 0.4) is 0 Å². The molecule has 1 aliphatic heterocycles. The average Bonchev–Trinajstić information content (AvgIpc) is 2.70. The summed E-state index contributed by atoms with van der Waals surface area (Å²) in [7, 11) is 0. The van der Waals surface area contributed by atoms with Crippen molar-refractivity contribution < 1.29 is 19.1 Å². The third-order valence-corrected chi connectivity index (χ3v) is 4.32. The molecule has 1 fully saturated rings. The summed E-state index contributed by atoms with van der Waals surface area (Å²) in [5, 5.41) is 11.1. The molecule has 4 nitrogen and oxygen atoms in total. The summed E-state index contributed by atoms with van der Waals surface area (Å²) in [4.78, 5) is 24.6. The molecule has 1 saturated heterocycles. The SMILES string of the molecule is CC[C@@H](C(=O)[O-])N1C(=O)/C(=C/c2ccccc2F)SC1=S. The van der Waals surface area contributed by atoms with Gasteiger partial charge < -0.3 is 9.90 Å². The Kier molecular flexibility index (Phi) is 4.74. The molecule has 0 aliphatic carbocycles. The lowest BCUT2D eigenvalue weighted by Crippen LogP contribution is -2.49. The maximum Gasteiger partial charge on any atom is 0.266 e. The van der Waals surface area contributed by atoms with Crippen molar-refractivity contribution in [2.75, 3.05) is 0 Å². The second kappa shape index (κ2) is 6.36. The van der Waals surface area contributed by atoms with Gasteiger partial charge in [-0.25, -0.2) is 4.39 Å². The molecule has 1 heterocycles. The highest BCUT2D eigenvalue weighted by Crippen LogP contribution is 2.34. The number of hydrogen-bond donors (Lipinski definition) is 0. The normalized spacial score (nSPS) is 18.4. The number of hydrogen-bond acceptors (Lipinski definition) is 5. The van der Waals surface area contributed by atoms with Crippen molar-refractivity contribution in [2.45, 2.75) is 19.4 Å². The van der Waals surface area contributed by atoms with Gasteiger partial charge in [-0.05, 0) is 18.6 Å². The van der Waals surface area contributed by atoms with Crippen LogP contribution < -0.4 is 5.11 Å². The zero-order valence-corrected chi connectivity index (χ0v) is 12.7. The van der Waals surface area contributed by atoms with E-state index in [-0.39, 0.29) is 21.2 Å². The largest absolute Gasteiger partial charge is 0.548 e. The monoisotopic (exact) mass is 324 g/mol. The number of aliphatic carboxylic acids is 1. The van der Waals surface area contributed by atoms with Gasteiger partial charge in [0.25, 0.3) is 5.91 Å². The number of nitrogens with zero attached hydrogens (tertiary/aromatic N) is 1. The molecule has 0 aromatic heterocycles. The van der Waals surface area contributed by atoms with Gasteiger partial charge in [0.2, 0.25) is 0 Å². The molecular weight excluding hydrogens is 313 g/mol. The van der Waals surface area contributed by atoms with E-state index >= 15 is 0 Å². The van der Waals surface area contributed by atoms with Crippen LogP contribution in [-0.2, 0) is 9.59 Å². The average molecular weight is 324 g/mol. The van der Waals surface area contributed by atoms with Crippen molar-refractivity contribution in [1.82, 2.24) is 4.90 Å². The molecular formula is C14H11FNO3S2-. The summed E-state index contributed by atoms with van der Waals surface area (Å²) < 4.78 is 13.7. The number of rotatable bonds is 4. The summed E-state index contributed by atoms with van der Waals surface area (Å²) in [5.74, 6) is -2.36. The minimum absolute atomic E-state index is 0.138. The van der Waals surface area contributed by atoms with Crippen LogP contribution in [0.15, 0.2) is 29.2 Å². The molecule has 0 spiro atoms. The molecule has 21 heavy (non-hydrogen) atoms. The molecule has 1 atom stereocenters. The Bertz CT molecular complexity index is 645. The second-order valence-electron chi connectivity index (χ2n) is 4.32. The van der Waals surface area contributed by atoms with Crippen molar-refractivity contribution >= 4 is 46.3 Å². The van der Waals surface area contributed by atoms with E-state index in [1.54, 1.807) is 19.1 Å². The van der Waals surface area contributed by atoms with Crippen molar-refractivity contribution in [3.05, 3.63) is 40.6 Å². The number of benzene rings is 1. The molecule has 1 amide bonds. The van der Waals surface area contributed by atoms with Gasteiger partial charge in [0.15, 0.2) is 0 Å². The van der Waals surface area contributed by atoms with Crippen LogP contribution in [-0.4, -0.2) is 27.1 Å². The number of carboxylic acids is 1. The molecule has 110 valence electrons. The number of carbonyl (C=O) groups is 2. The van der Waals surface area contributed by atoms with E-state index in [1.165, 1.54) is 18.2 Å². The first-order chi connectivity index (χ1) is 9.95. The number of amides is 1. The molecule has 1 aromatic rings. The van der Waals surface area contributed by atoms with Crippen LogP contribution in [0.2, 0.25) is 0 Å². The quantitative estimate of drug-likeness (QED) is 0.621. The Hall–Kier alpha value is -1.73. The van der Waals surface area contributed by atoms with Crippen LogP contribution in [0.4, 0.5) is 4.39 Å². The summed E-state index contributed by atoms with van der Waals surface area (Å²) in [6.45, 7) is 1.62. The van der Waals surface area contributed by atoms with E-state index in [9.17, 15) is 19.1 Å². The predicted octanol–water partition coefficient (Wildman–Crippen LogP) is 1.56. The third-order valence-electron chi connectivity index (χ3n) is 2.99. The fourth-order valence-corrected chi connectivity index (χ4v) is 3.28. The lowest BCUT2D eigenvalue weighted by molar-refractivity contribution is -0.310. The maximum atomic E-state index is 13.6. The summed E-state index contributed by atoms with van der Waals surface area (Å²) in [5.41, 5.74) is 0.250. The minimum atomic E-state index is -1.36. The first-order valence-corrected chi connectivity index (χ1v) is 7.40. The van der Waals surface area contributed by atoms with Gasteiger partial charge in [-0.1, -0.05) is 49.1 Å². The zero-order chi connectivity index (χ0) is 15.6. The molecule has 1 aromatic carbocycles. The molecule has 7 heteroatoms. The minimum Gasteiger partial charge on any atom is -0.548 e. The predicted molar refractivity (Wildman–Crippen MR) is 80.5 cm³/mol. The summed E-state index contributed by atoms with van der Waals surface area (Å²) in [6, 6.07) is 4.89. The first-order valence-electron chi connectivity index (χ1n) is 6.18. The van der Waals surface area contributed by atoms with Gasteiger partial charge in [-0.3, -0.25) is 9.69 Å². The summed E-state index contributed by atoms with van der Waals surface area (Å²) in [6.07, 6.45) is 1.55. The fraction of sp³-hybridized carbons (Fsp3) is 0.214. The van der Waals surface area contributed by atoms with Crippen molar-refractivity contribution in [1.29, 1.82) is 0 Å². The lowest BCUT2D eigenvalue weighted by atomic mass is 10.1. The number of halogens is 1. The van der Waals surface area contributed by atoms with Gasteiger partial charge in [0.05, 0.1) is 16.9 Å². The Morgan fingerprint density at radius 2 is 2.19 bits per heavy atom. The fourth-order valence-electron chi connectivity index (χ4n) is 1.94. The molecule has 0 N–H and O–H groups in total. The van der Waals surface area contributed by atoms with E-state index in [0.29, 0.717) is 0 Å². The highest BCUT2D eigenvalue weighted by Gasteiger charge is 2.37. The maximum absolute atomic E-state index is 13.6.